The van der Waals surface area contributed by atoms with E-state index in [1.54, 1.807) is 11.9 Å². The Morgan fingerprint density at radius 1 is 1.33 bits per heavy atom. The largest absolute Gasteiger partial charge is 0.458 e. The summed E-state index contributed by atoms with van der Waals surface area (Å²) in [5.41, 5.74) is -0.519. The van der Waals surface area contributed by atoms with E-state index in [0.29, 0.717) is 18.9 Å². The highest BCUT2D eigenvalue weighted by molar-refractivity contribution is 5.88. The lowest BCUT2D eigenvalue weighted by atomic mass is 10.0. The first kappa shape index (κ1) is 18.0. The highest BCUT2D eigenvalue weighted by Gasteiger charge is 2.38. The quantitative estimate of drug-likeness (QED) is 0.788. The molecule has 2 atom stereocenters. The van der Waals surface area contributed by atoms with E-state index in [9.17, 15) is 9.59 Å². The monoisotopic (exact) mass is 298 g/mol. The standard InChI is InChI=1S/C16H30N2O3/c1-11(2)10-12(17-6)14(19)18-9-7-8-13(18)15(20)21-16(3,4)5/h11-13,17H,7-10H2,1-6H3/t12-,13+/m1/s1. The van der Waals surface area contributed by atoms with Crippen LogP contribution in [0.2, 0.25) is 0 Å². The van der Waals surface area contributed by atoms with Gasteiger partial charge in [0, 0.05) is 6.54 Å². The Labute approximate surface area is 128 Å². The number of hydrogen-bond donors (Lipinski definition) is 1. The van der Waals surface area contributed by atoms with Crippen molar-refractivity contribution >= 4 is 11.9 Å². The first-order chi connectivity index (χ1) is 9.65. The number of likely N-dealkylation sites (N-methyl/N-ethyl adjacent to an activating group) is 1. The summed E-state index contributed by atoms with van der Waals surface area (Å²) in [4.78, 5) is 26.6. The Morgan fingerprint density at radius 2 is 1.95 bits per heavy atom. The van der Waals surface area contributed by atoms with Gasteiger partial charge in [0.05, 0.1) is 6.04 Å². The van der Waals surface area contributed by atoms with Crippen LogP contribution in [0.15, 0.2) is 0 Å². The number of ether oxygens (including phenoxy) is 1. The van der Waals surface area contributed by atoms with Crippen LogP contribution in [0.3, 0.4) is 0 Å². The highest BCUT2D eigenvalue weighted by atomic mass is 16.6. The van der Waals surface area contributed by atoms with Crippen molar-refractivity contribution in [2.75, 3.05) is 13.6 Å². The molecule has 1 fully saturated rings. The number of hydrogen-bond acceptors (Lipinski definition) is 4. The number of nitrogens with one attached hydrogen (secondary N) is 1. The third-order valence-electron chi connectivity index (χ3n) is 3.57. The molecule has 0 aromatic carbocycles. The Kier molecular flexibility index (Phi) is 6.20. The van der Waals surface area contributed by atoms with Crippen LogP contribution < -0.4 is 5.32 Å². The fraction of sp³-hybridized carbons (Fsp3) is 0.875. The number of likely N-dealkylation sites (tertiary alicyclic amines) is 1. The number of carbonyl (C=O) groups is 2. The SMILES string of the molecule is CN[C@H](CC(C)C)C(=O)N1CCC[C@H]1C(=O)OC(C)(C)C. The molecule has 1 aliphatic heterocycles. The van der Waals surface area contributed by atoms with Gasteiger partial charge in [-0.25, -0.2) is 4.79 Å². The molecule has 1 amide bonds. The lowest BCUT2D eigenvalue weighted by Gasteiger charge is -2.30. The fourth-order valence-electron chi connectivity index (χ4n) is 2.66. The molecule has 0 aliphatic carbocycles. The van der Waals surface area contributed by atoms with E-state index in [1.807, 2.05) is 20.8 Å². The molecule has 1 N–H and O–H groups in total. The van der Waals surface area contributed by atoms with E-state index in [0.717, 1.165) is 12.8 Å². The Morgan fingerprint density at radius 3 is 2.43 bits per heavy atom. The number of carbonyl (C=O) groups excluding carboxylic acids is 2. The third-order valence-corrected chi connectivity index (χ3v) is 3.57. The average Bonchev–Trinajstić information content (AvgIpc) is 2.81. The molecular formula is C16H30N2O3. The third kappa shape index (κ3) is 5.30. The minimum Gasteiger partial charge on any atom is -0.458 e. The van der Waals surface area contributed by atoms with Crippen molar-refractivity contribution in [3.63, 3.8) is 0 Å². The zero-order valence-electron chi connectivity index (χ0n) is 14.2. The summed E-state index contributed by atoms with van der Waals surface area (Å²) in [6, 6.07) is -0.659. The van der Waals surface area contributed by atoms with Crippen LogP contribution in [0, 0.1) is 5.92 Å². The molecule has 1 rings (SSSR count). The second kappa shape index (κ2) is 7.25. The minimum atomic E-state index is -0.519. The number of esters is 1. The van der Waals surface area contributed by atoms with Crippen LogP contribution in [-0.4, -0.2) is 48.1 Å². The molecule has 1 aliphatic rings. The molecule has 122 valence electrons. The summed E-state index contributed by atoms with van der Waals surface area (Å²) in [6.07, 6.45) is 2.32. The first-order valence-corrected chi connectivity index (χ1v) is 7.86. The maximum absolute atomic E-state index is 12.6. The Balaban J connectivity index is 2.76. The summed E-state index contributed by atoms with van der Waals surface area (Å²) in [5.74, 6) is 0.154. The zero-order chi connectivity index (χ0) is 16.2. The summed E-state index contributed by atoms with van der Waals surface area (Å²) in [7, 11) is 1.80. The van der Waals surface area contributed by atoms with Crippen LogP contribution in [0.4, 0.5) is 0 Å². The molecule has 0 bridgehead atoms. The van der Waals surface area contributed by atoms with Gasteiger partial charge >= 0.3 is 5.97 Å². The van der Waals surface area contributed by atoms with Gasteiger partial charge in [-0.05, 0) is 53.0 Å². The summed E-state index contributed by atoms with van der Waals surface area (Å²) in [5, 5.41) is 3.07. The van der Waals surface area contributed by atoms with Gasteiger partial charge in [0.1, 0.15) is 11.6 Å². The van der Waals surface area contributed by atoms with Crippen LogP contribution >= 0.6 is 0 Å². The second-order valence-electron chi connectivity index (χ2n) is 7.19. The van der Waals surface area contributed by atoms with E-state index < -0.39 is 11.6 Å². The molecule has 21 heavy (non-hydrogen) atoms. The van der Waals surface area contributed by atoms with Gasteiger partial charge in [-0.2, -0.15) is 0 Å². The number of amides is 1. The van der Waals surface area contributed by atoms with Crippen molar-refractivity contribution in [1.29, 1.82) is 0 Å². The van der Waals surface area contributed by atoms with Crippen molar-refractivity contribution in [3.05, 3.63) is 0 Å². The van der Waals surface area contributed by atoms with Crippen molar-refractivity contribution in [1.82, 2.24) is 10.2 Å². The van der Waals surface area contributed by atoms with Crippen LogP contribution in [-0.2, 0) is 14.3 Å². The van der Waals surface area contributed by atoms with Crippen LogP contribution in [0.1, 0.15) is 53.9 Å². The van der Waals surface area contributed by atoms with Crippen LogP contribution in [0.25, 0.3) is 0 Å². The van der Waals surface area contributed by atoms with Gasteiger partial charge in [-0.1, -0.05) is 13.8 Å². The van der Waals surface area contributed by atoms with Crippen molar-refractivity contribution in [2.24, 2.45) is 5.92 Å². The lowest BCUT2D eigenvalue weighted by Crippen LogP contribution is -2.51. The van der Waals surface area contributed by atoms with Gasteiger partial charge in [-0.15, -0.1) is 0 Å². The Hall–Kier alpha value is -1.10. The number of nitrogens with zero attached hydrogens (tertiary/aromatic N) is 1. The van der Waals surface area contributed by atoms with Gasteiger partial charge in [0.15, 0.2) is 0 Å². The predicted octanol–water partition coefficient (Wildman–Crippen LogP) is 1.95. The summed E-state index contributed by atoms with van der Waals surface area (Å²) < 4.78 is 5.44. The van der Waals surface area contributed by atoms with Gasteiger partial charge in [0.25, 0.3) is 0 Å². The van der Waals surface area contributed by atoms with Crippen LogP contribution in [0.5, 0.6) is 0 Å². The van der Waals surface area contributed by atoms with E-state index in [-0.39, 0.29) is 17.9 Å². The van der Waals surface area contributed by atoms with E-state index in [2.05, 4.69) is 19.2 Å². The molecule has 0 spiro atoms. The molecule has 0 saturated carbocycles. The summed E-state index contributed by atoms with van der Waals surface area (Å²) in [6.45, 7) is 10.4. The van der Waals surface area contributed by atoms with Crippen molar-refractivity contribution in [3.8, 4) is 0 Å². The van der Waals surface area contributed by atoms with Gasteiger partial charge in [0.2, 0.25) is 5.91 Å². The van der Waals surface area contributed by atoms with Gasteiger partial charge in [-0.3, -0.25) is 4.79 Å². The van der Waals surface area contributed by atoms with E-state index in [1.165, 1.54) is 0 Å². The first-order valence-electron chi connectivity index (χ1n) is 7.86. The van der Waals surface area contributed by atoms with Crippen molar-refractivity contribution in [2.45, 2.75) is 71.6 Å². The molecule has 5 nitrogen and oxygen atoms in total. The normalized spacial score (nSPS) is 20.7. The molecule has 0 aromatic rings. The smallest absolute Gasteiger partial charge is 0.329 e. The predicted molar refractivity (Wildman–Crippen MR) is 82.9 cm³/mol. The second-order valence-corrected chi connectivity index (χ2v) is 7.19. The molecular weight excluding hydrogens is 268 g/mol. The minimum absolute atomic E-state index is 0.0135. The number of rotatable bonds is 5. The Bertz CT molecular complexity index is 374. The maximum Gasteiger partial charge on any atom is 0.329 e. The summed E-state index contributed by atoms with van der Waals surface area (Å²) >= 11 is 0. The molecule has 5 heteroatoms. The maximum atomic E-state index is 12.6. The molecule has 0 unspecified atom stereocenters. The highest BCUT2D eigenvalue weighted by Crippen LogP contribution is 2.23. The zero-order valence-corrected chi connectivity index (χ0v) is 14.2. The molecule has 1 heterocycles. The topological polar surface area (TPSA) is 58.6 Å². The van der Waals surface area contributed by atoms with Crippen molar-refractivity contribution < 1.29 is 14.3 Å². The molecule has 1 saturated heterocycles. The molecule has 0 radical (unpaired) electrons. The fourth-order valence-corrected chi connectivity index (χ4v) is 2.66. The van der Waals surface area contributed by atoms with Gasteiger partial charge < -0.3 is 15.0 Å². The molecule has 0 aromatic heterocycles. The van der Waals surface area contributed by atoms with E-state index >= 15 is 0 Å². The lowest BCUT2D eigenvalue weighted by molar-refractivity contribution is -0.163. The van der Waals surface area contributed by atoms with E-state index in [4.69, 9.17) is 4.74 Å². The average molecular weight is 298 g/mol.